The summed E-state index contributed by atoms with van der Waals surface area (Å²) in [6, 6.07) is 2.03. The van der Waals surface area contributed by atoms with Gasteiger partial charge in [0.25, 0.3) is 5.91 Å². The fourth-order valence-corrected chi connectivity index (χ4v) is 3.83. The molecule has 1 aromatic heterocycles. The number of carbonyl (C=O) groups excluding carboxylic acids is 1. The zero-order chi connectivity index (χ0) is 16.2. The standard InChI is InChI=1S/C16H24ClN5O/c17-14-10-13(15(18)23)16(20-19-14)22-9-5-6-12(11-22)21-7-3-1-2-4-8-21/h10,12H,1-9,11H2,(H2,18,23). The summed E-state index contributed by atoms with van der Waals surface area (Å²) in [6.07, 6.45) is 7.52. The molecule has 2 aliphatic rings. The zero-order valence-electron chi connectivity index (χ0n) is 13.4. The minimum Gasteiger partial charge on any atom is -0.365 e. The molecule has 7 heteroatoms. The largest absolute Gasteiger partial charge is 0.365 e. The van der Waals surface area contributed by atoms with Gasteiger partial charge in [0.05, 0.1) is 5.56 Å². The predicted molar refractivity (Wildman–Crippen MR) is 90.8 cm³/mol. The van der Waals surface area contributed by atoms with Crippen LogP contribution in [0.3, 0.4) is 0 Å². The molecule has 0 saturated carbocycles. The van der Waals surface area contributed by atoms with E-state index in [1.54, 1.807) is 0 Å². The number of likely N-dealkylation sites (tertiary alicyclic amines) is 1. The molecule has 23 heavy (non-hydrogen) atoms. The van der Waals surface area contributed by atoms with Crippen molar-refractivity contribution in [3.8, 4) is 0 Å². The van der Waals surface area contributed by atoms with Gasteiger partial charge in [-0.3, -0.25) is 9.69 Å². The second-order valence-electron chi connectivity index (χ2n) is 6.46. The molecule has 0 aromatic carbocycles. The van der Waals surface area contributed by atoms with Gasteiger partial charge in [0, 0.05) is 19.1 Å². The zero-order valence-corrected chi connectivity index (χ0v) is 14.1. The van der Waals surface area contributed by atoms with E-state index < -0.39 is 5.91 Å². The van der Waals surface area contributed by atoms with Crippen LogP contribution < -0.4 is 10.6 Å². The maximum absolute atomic E-state index is 11.7. The average Bonchev–Trinajstić information content (AvgIpc) is 2.84. The molecular formula is C16H24ClN5O. The van der Waals surface area contributed by atoms with Crippen LogP contribution >= 0.6 is 11.6 Å². The van der Waals surface area contributed by atoms with Crippen LogP contribution in [-0.4, -0.2) is 53.2 Å². The van der Waals surface area contributed by atoms with E-state index >= 15 is 0 Å². The number of nitrogens with zero attached hydrogens (tertiary/aromatic N) is 4. The van der Waals surface area contributed by atoms with E-state index in [2.05, 4.69) is 20.0 Å². The number of primary amides is 1. The van der Waals surface area contributed by atoms with Crippen molar-refractivity contribution in [2.45, 2.75) is 44.6 Å². The van der Waals surface area contributed by atoms with Gasteiger partial charge in [-0.05, 0) is 44.8 Å². The Hall–Kier alpha value is -1.40. The van der Waals surface area contributed by atoms with Gasteiger partial charge >= 0.3 is 0 Å². The first kappa shape index (κ1) is 16.5. The fourth-order valence-electron chi connectivity index (χ4n) is 3.68. The van der Waals surface area contributed by atoms with Crippen molar-refractivity contribution in [1.29, 1.82) is 0 Å². The van der Waals surface area contributed by atoms with Crippen molar-refractivity contribution in [2.75, 3.05) is 31.1 Å². The van der Waals surface area contributed by atoms with Crippen LogP contribution in [0.4, 0.5) is 5.82 Å². The molecule has 2 saturated heterocycles. The van der Waals surface area contributed by atoms with Crippen LogP contribution in [0.15, 0.2) is 6.07 Å². The van der Waals surface area contributed by atoms with E-state index in [0.29, 0.717) is 17.4 Å². The van der Waals surface area contributed by atoms with E-state index in [9.17, 15) is 4.79 Å². The minimum atomic E-state index is -0.506. The average molecular weight is 338 g/mol. The SMILES string of the molecule is NC(=O)c1cc(Cl)nnc1N1CCCC(N2CCCCCC2)C1. The van der Waals surface area contributed by atoms with Crippen LogP contribution in [0, 0.1) is 0 Å². The Kier molecular flexibility index (Phi) is 5.33. The number of halogens is 1. The van der Waals surface area contributed by atoms with Gasteiger partial charge in [-0.25, -0.2) is 0 Å². The first-order valence-electron chi connectivity index (χ1n) is 8.47. The Morgan fingerprint density at radius 1 is 1.13 bits per heavy atom. The Morgan fingerprint density at radius 3 is 2.57 bits per heavy atom. The number of anilines is 1. The van der Waals surface area contributed by atoms with Crippen molar-refractivity contribution in [1.82, 2.24) is 15.1 Å². The maximum Gasteiger partial charge on any atom is 0.252 e. The van der Waals surface area contributed by atoms with E-state index in [1.165, 1.54) is 51.3 Å². The molecule has 6 nitrogen and oxygen atoms in total. The molecule has 1 amide bonds. The van der Waals surface area contributed by atoms with Gasteiger partial charge < -0.3 is 10.6 Å². The van der Waals surface area contributed by atoms with E-state index in [0.717, 1.165) is 19.5 Å². The van der Waals surface area contributed by atoms with Crippen LogP contribution in [0.1, 0.15) is 48.9 Å². The monoisotopic (exact) mass is 337 g/mol. The second-order valence-corrected chi connectivity index (χ2v) is 6.85. The van der Waals surface area contributed by atoms with Crippen LogP contribution in [-0.2, 0) is 0 Å². The summed E-state index contributed by atoms with van der Waals surface area (Å²) in [6.45, 7) is 4.10. The highest BCUT2D eigenvalue weighted by Gasteiger charge is 2.28. The quantitative estimate of drug-likeness (QED) is 0.913. The van der Waals surface area contributed by atoms with Crippen molar-refractivity contribution < 1.29 is 4.79 Å². The van der Waals surface area contributed by atoms with Crippen molar-refractivity contribution in [3.63, 3.8) is 0 Å². The molecule has 2 aliphatic heterocycles. The molecule has 0 spiro atoms. The molecule has 0 aliphatic carbocycles. The number of nitrogens with two attached hydrogens (primary N) is 1. The van der Waals surface area contributed by atoms with E-state index in [-0.39, 0.29) is 5.15 Å². The van der Waals surface area contributed by atoms with Gasteiger partial charge in [0.15, 0.2) is 11.0 Å². The lowest BCUT2D eigenvalue weighted by molar-refractivity contribution is 0.1000. The first-order valence-corrected chi connectivity index (χ1v) is 8.85. The number of aromatic nitrogens is 2. The fraction of sp³-hybridized carbons (Fsp3) is 0.688. The van der Waals surface area contributed by atoms with Gasteiger partial charge in [-0.15, -0.1) is 10.2 Å². The number of hydrogen-bond donors (Lipinski definition) is 1. The molecule has 0 radical (unpaired) electrons. The second kappa shape index (κ2) is 7.45. The highest BCUT2D eigenvalue weighted by atomic mass is 35.5. The predicted octanol–water partition coefficient (Wildman–Crippen LogP) is 2.07. The van der Waals surface area contributed by atoms with Crippen LogP contribution in [0.5, 0.6) is 0 Å². The van der Waals surface area contributed by atoms with Crippen molar-refractivity contribution >= 4 is 23.3 Å². The lowest BCUT2D eigenvalue weighted by Gasteiger charge is -2.39. The van der Waals surface area contributed by atoms with Crippen LogP contribution in [0.2, 0.25) is 5.15 Å². The summed E-state index contributed by atoms with van der Waals surface area (Å²) < 4.78 is 0. The Labute approximate surface area is 142 Å². The number of rotatable bonds is 3. The van der Waals surface area contributed by atoms with E-state index in [1.807, 2.05) is 0 Å². The van der Waals surface area contributed by atoms with Crippen LogP contribution in [0.25, 0.3) is 0 Å². The lowest BCUT2D eigenvalue weighted by Crippen LogP contribution is -2.49. The van der Waals surface area contributed by atoms with E-state index in [4.69, 9.17) is 17.3 Å². The number of amides is 1. The van der Waals surface area contributed by atoms with Gasteiger partial charge in [-0.1, -0.05) is 24.4 Å². The molecule has 3 rings (SSSR count). The molecule has 126 valence electrons. The lowest BCUT2D eigenvalue weighted by atomic mass is 10.0. The summed E-state index contributed by atoms with van der Waals surface area (Å²) in [7, 11) is 0. The van der Waals surface area contributed by atoms with Gasteiger partial charge in [-0.2, -0.15) is 0 Å². The Morgan fingerprint density at radius 2 is 1.87 bits per heavy atom. The summed E-state index contributed by atoms with van der Waals surface area (Å²) in [5, 5.41) is 8.25. The number of hydrogen-bond acceptors (Lipinski definition) is 5. The third-order valence-corrected chi connectivity index (χ3v) is 5.05. The number of carbonyl (C=O) groups is 1. The molecular weight excluding hydrogens is 314 g/mol. The first-order chi connectivity index (χ1) is 11.1. The molecule has 3 heterocycles. The Bertz CT molecular complexity index is 559. The normalized spacial score (nSPS) is 23.5. The smallest absolute Gasteiger partial charge is 0.252 e. The third kappa shape index (κ3) is 3.93. The highest BCUT2D eigenvalue weighted by molar-refractivity contribution is 6.29. The minimum absolute atomic E-state index is 0.198. The third-order valence-electron chi connectivity index (χ3n) is 4.86. The maximum atomic E-state index is 11.7. The topological polar surface area (TPSA) is 75.3 Å². The van der Waals surface area contributed by atoms with Gasteiger partial charge in [0.2, 0.25) is 0 Å². The summed E-state index contributed by atoms with van der Waals surface area (Å²) >= 11 is 5.86. The molecule has 2 N–H and O–H groups in total. The summed E-state index contributed by atoms with van der Waals surface area (Å²) in [5.41, 5.74) is 5.85. The molecule has 2 fully saturated rings. The number of piperidine rings is 1. The van der Waals surface area contributed by atoms with Crippen molar-refractivity contribution in [3.05, 3.63) is 16.8 Å². The van der Waals surface area contributed by atoms with Gasteiger partial charge in [0.1, 0.15) is 0 Å². The molecule has 0 bridgehead atoms. The molecule has 1 unspecified atom stereocenters. The summed E-state index contributed by atoms with van der Waals surface area (Å²) in [5.74, 6) is 0.0649. The highest BCUT2D eigenvalue weighted by Crippen LogP contribution is 2.26. The molecule has 1 aromatic rings. The summed E-state index contributed by atoms with van der Waals surface area (Å²) in [4.78, 5) is 16.4. The van der Waals surface area contributed by atoms with Crippen molar-refractivity contribution in [2.24, 2.45) is 5.73 Å². The Balaban J connectivity index is 1.77. The molecule has 1 atom stereocenters.